The highest BCUT2D eigenvalue weighted by molar-refractivity contribution is 4.70. The molecular weight excluding hydrogens is 231 g/mol. The van der Waals surface area contributed by atoms with Crippen LogP contribution in [-0.4, -0.2) is 32.0 Å². The molecule has 0 aliphatic rings. The SMILES string of the molecule is CCNC(C)C(CC)CCCOCC(F)(F)F. The van der Waals surface area contributed by atoms with Crippen molar-refractivity contribution in [3.63, 3.8) is 0 Å². The van der Waals surface area contributed by atoms with E-state index in [4.69, 9.17) is 0 Å². The fourth-order valence-corrected chi connectivity index (χ4v) is 1.93. The van der Waals surface area contributed by atoms with Crippen molar-refractivity contribution in [3.8, 4) is 0 Å². The van der Waals surface area contributed by atoms with E-state index in [2.05, 4.69) is 30.8 Å². The third kappa shape index (κ3) is 9.41. The van der Waals surface area contributed by atoms with E-state index in [-0.39, 0.29) is 6.61 Å². The fraction of sp³-hybridized carbons (Fsp3) is 1.00. The average Bonchev–Trinajstić information content (AvgIpc) is 2.22. The molecule has 104 valence electrons. The number of hydrogen-bond acceptors (Lipinski definition) is 2. The van der Waals surface area contributed by atoms with Crippen LogP contribution in [0.5, 0.6) is 0 Å². The van der Waals surface area contributed by atoms with Crippen molar-refractivity contribution in [2.45, 2.75) is 52.3 Å². The van der Waals surface area contributed by atoms with Gasteiger partial charge < -0.3 is 10.1 Å². The van der Waals surface area contributed by atoms with Crippen LogP contribution in [0.15, 0.2) is 0 Å². The highest BCUT2D eigenvalue weighted by Gasteiger charge is 2.27. The maximum absolute atomic E-state index is 11.8. The molecule has 2 nitrogen and oxygen atoms in total. The van der Waals surface area contributed by atoms with Crippen LogP contribution in [0.25, 0.3) is 0 Å². The van der Waals surface area contributed by atoms with E-state index in [1.54, 1.807) is 0 Å². The zero-order valence-corrected chi connectivity index (χ0v) is 10.9. The van der Waals surface area contributed by atoms with Gasteiger partial charge in [-0.3, -0.25) is 0 Å². The summed E-state index contributed by atoms with van der Waals surface area (Å²) in [6.45, 7) is 6.25. The second kappa shape index (κ2) is 8.75. The maximum atomic E-state index is 11.8. The van der Waals surface area contributed by atoms with Crippen molar-refractivity contribution in [1.29, 1.82) is 0 Å². The van der Waals surface area contributed by atoms with Gasteiger partial charge >= 0.3 is 6.18 Å². The topological polar surface area (TPSA) is 21.3 Å². The van der Waals surface area contributed by atoms with Gasteiger partial charge in [0.15, 0.2) is 0 Å². The third-order valence-corrected chi connectivity index (χ3v) is 2.89. The van der Waals surface area contributed by atoms with Gasteiger partial charge in [-0.2, -0.15) is 13.2 Å². The summed E-state index contributed by atoms with van der Waals surface area (Å²) in [4.78, 5) is 0. The number of halogens is 3. The lowest BCUT2D eigenvalue weighted by atomic mass is 9.93. The summed E-state index contributed by atoms with van der Waals surface area (Å²) < 4.78 is 40.0. The molecule has 0 aliphatic carbocycles. The van der Waals surface area contributed by atoms with Crippen molar-refractivity contribution >= 4 is 0 Å². The van der Waals surface area contributed by atoms with Crippen LogP contribution in [0.1, 0.15) is 40.0 Å². The zero-order valence-electron chi connectivity index (χ0n) is 10.9. The highest BCUT2D eigenvalue weighted by atomic mass is 19.4. The van der Waals surface area contributed by atoms with Crippen LogP contribution in [0.4, 0.5) is 13.2 Å². The van der Waals surface area contributed by atoms with Crippen LogP contribution >= 0.6 is 0 Å². The quantitative estimate of drug-likeness (QED) is 0.638. The molecule has 0 amide bonds. The monoisotopic (exact) mass is 255 g/mol. The van der Waals surface area contributed by atoms with Gasteiger partial charge in [0.2, 0.25) is 0 Å². The molecule has 2 unspecified atom stereocenters. The maximum Gasteiger partial charge on any atom is 0.411 e. The van der Waals surface area contributed by atoms with E-state index in [0.717, 1.165) is 19.4 Å². The summed E-state index contributed by atoms with van der Waals surface area (Å²) in [5.74, 6) is 0.504. The predicted octanol–water partition coefficient (Wildman–Crippen LogP) is 3.37. The number of nitrogens with one attached hydrogen (secondary N) is 1. The van der Waals surface area contributed by atoms with Gasteiger partial charge in [0.05, 0.1) is 0 Å². The largest absolute Gasteiger partial charge is 0.411 e. The summed E-state index contributed by atoms with van der Waals surface area (Å²) in [6, 6.07) is 0.410. The summed E-state index contributed by atoms with van der Waals surface area (Å²) >= 11 is 0. The first kappa shape index (κ1) is 16.7. The summed E-state index contributed by atoms with van der Waals surface area (Å²) in [5.41, 5.74) is 0. The minimum Gasteiger partial charge on any atom is -0.372 e. The van der Waals surface area contributed by atoms with Crippen molar-refractivity contribution in [2.75, 3.05) is 19.8 Å². The smallest absolute Gasteiger partial charge is 0.372 e. The first-order valence-electron chi connectivity index (χ1n) is 6.28. The van der Waals surface area contributed by atoms with Gasteiger partial charge in [0, 0.05) is 12.6 Å². The number of ether oxygens (including phenoxy) is 1. The molecule has 0 aromatic rings. The minimum atomic E-state index is -4.21. The van der Waals surface area contributed by atoms with Crippen LogP contribution in [0, 0.1) is 5.92 Å². The summed E-state index contributed by atoms with van der Waals surface area (Å²) in [5, 5.41) is 3.34. The Morgan fingerprint density at radius 3 is 2.35 bits per heavy atom. The van der Waals surface area contributed by atoms with Crippen molar-refractivity contribution in [3.05, 3.63) is 0 Å². The Labute approximate surface area is 102 Å². The molecule has 0 radical (unpaired) electrons. The van der Waals surface area contributed by atoms with Gasteiger partial charge in [0.1, 0.15) is 6.61 Å². The van der Waals surface area contributed by atoms with Crippen molar-refractivity contribution < 1.29 is 17.9 Å². The molecular formula is C12H24F3NO. The molecule has 0 spiro atoms. The lowest BCUT2D eigenvalue weighted by Crippen LogP contribution is -2.33. The average molecular weight is 255 g/mol. The van der Waals surface area contributed by atoms with E-state index < -0.39 is 12.8 Å². The Hall–Kier alpha value is -0.290. The molecule has 0 heterocycles. The molecule has 5 heteroatoms. The predicted molar refractivity (Wildman–Crippen MR) is 63.0 cm³/mol. The molecule has 0 aromatic carbocycles. The standard InChI is InChI=1S/C12H24F3NO/c1-4-11(10(3)16-5-2)7-6-8-17-9-12(13,14)15/h10-11,16H,4-9H2,1-3H3. The number of hydrogen-bond donors (Lipinski definition) is 1. The first-order valence-corrected chi connectivity index (χ1v) is 6.28. The number of alkyl halides is 3. The van der Waals surface area contributed by atoms with E-state index in [9.17, 15) is 13.2 Å². The van der Waals surface area contributed by atoms with E-state index >= 15 is 0 Å². The molecule has 0 bridgehead atoms. The molecule has 0 saturated carbocycles. The van der Waals surface area contributed by atoms with Crippen molar-refractivity contribution in [2.24, 2.45) is 5.92 Å². The second-order valence-corrected chi connectivity index (χ2v) is 4.32. The lowest BCUT2D eigenvalue weighted by molar-refractivity contribution is -0.174. The molecule has 0 fully saturated rings. The minimum absolute atomic E-state index is 0.189. The van der Waals surface area contributed by atoms with Gasteiger partial charge in [-0.15, -0.1) is 0 Å². The van der Waals surface area contributed by atoms with Crippen LogP contribution < -0.4 is 5.32 Å². The van der Waals surface area contributed by atoms with Crippen LogP contribution in [0.2, 0.25) is 0 Å². The van der Waals surface area contributed by atoms with E-state index in [1.807, 2.05) is 0 Å². The molecule has 0 aromatic heterocycles. The number of rotatable bonds is 9. The van der Waals surface area contributed by atoms with E-state index in [0.29, 0.717) is 18.4 Å². The fourth-order valence-electron chi connectivity index (χ4n) is 1.93. The molecule has 0 aliphatic heterocycles. The van der Waals surface area contributed by atoms with Gasteiger partial charge in [-0.1, -0.05) is 20.3 Å². The molecule has 0 rings (SSSR count). The van der Waals surface area contributed by atoms with Gasteiger partial charge in [-0.05, 0) is 32.2 Å². The third-order valence-electron chi connectivity index (χ3n) is 2.89. The Bertz CT molecular complexity index is 185. The Kier molecular flexibility index (Phi) is 8.60. The molecule has 1 N–H and O–H groups in total. The molecule has 2 atom stereocenters. The normalized spacial score (nSPS) is 15.9. The Balaban J connectivity index is 3.63. The lowest BCUT2D eigenvalue weighted by Gasteiger charge is -2.23. The van der Waals surface area contributed by atoms with Crippen LogP contribution in [-0.2, 0) is 4.74 Å². The Morgan fingerprint density at radius 2 is 1.88 bits per heavy atom. The van der Waals surface area contributed by atoms with Gasteiger partial charge in [-0.25, -0.2) is 0 Å². The highest BCUT2D eigenvalue weighted by Crippen LogP contribution is 2.17. The van der Waals surface area contributed by atoms with E-state index in [1.165, 1.54) is 0 Å². The summed E-state index contributed by atoms with van der Waals surface area (Å²) in [7, 11) is 0. The summed E-state index contributed by atoms with van der Waals surface area (Å²) in [6.07, 6.45) is -1.58. The van der Waals surface area contributed by atoms with Crippen molar-refractivity contribution in [1.82, 2.24) is 5.32 Å². The first-order chi connectivity index (χ1) is 7.90. The Morgan fingerprint density at radius 1 is 1.24 bits per heavy atom. The molecule has 17 heavy (non-hydrogen) atoms. The second-order valence-electron chi connectivity index (χ2n) is 4.32. The zero-order chi connectivity index (χ0) is 13.3. The van der Waals surface area contributed by atoms with Crippen LogP contribution in [0.3, 0.4) is 0 Å². The van der Waals surface area contributed by atoms with Gasteiger partial charge in [0.25, 0.3) is 0 Å². The molecule has 0 saturated heterocycles.